The lowest BCUT2D eigenvalue weighted by atomic mass is 9.85. The first-order valence-electron chi connectivity index (χ1n) is 6.85. The second-order valence-electron chi connectivity index (χ2n) is 5.51. The molecule has 1 fully saturated rings. The summed E-state index contributed by atoms with van der Waals surface area (Å²) >= 11 is 3.45. The maximum atomic E-state index is 12.4. The number of hydrogen-bond acceptors (Lipinski definition) is 2. The van der Waals surface area contributed by atoms with Crippen molar-refractivity contribution in [1.29, 1.82) is 0 Å². The van der Waals surface area contributed by atoms with Crippen LogP contribution in [0.15, 0.2) is 10.7 Å². The summed E-state index contributed by atoms with van der Waals surface area (Å²) in [5.74, 6) is 0.814. The van der Waals surface area contributed by atoms with Crippen LogP contribution < -0.4 is 0 Å². The number of carbonyl (C=O) groups is 1. The Labute approximate surface area is 117 Å². The summed E-state index contributed by atoms with van der Waals surface area (Å²) in [4.78, 5) is 12.4. The minimum Gasteiger partial charge on any atom is -0.292 e. The molecule has 0 saturated heterocycles. The quantitative estimate of drug-likeness (QED) is 0.773. The maximum Gasteiger partial charge on any atom is 0.182 e. The smallest absolute Gasteiger partial charge is 0.182 e. The Morgan fingerprint density at radius 1 is 1.44 bits per heavy atom. The molecule has 3 nitrogen and oxygen atoms in total. The van der Waals surface area contributed by atoms with Crippen molar-refractivity contribution in [2.45, 2.75) is 58.4 Å². The van der Waals surface area contributed by atoms with E-state index < -0.39 is 0 Å². The number of carbonyl (C=O) groups excluding carboxylic acids is 1. The second kappa shape index (κ2) is 6.00. The fraction of sp³-hybridized carbons (Fsp3) is 0.714. The molecule has 1 aromatic heterocycles. The highest BCUT2D eigenvalue weighted by Crippen LogP contribution is 2.29. The Hall–Kier alpha value is -0.640. The van der Waals surface area contributed by atoms with E-state index in [0.29, 0.717) is 12.3 Å². The van der Waals surface area contributed by atoms with Crippen LogP contribution in [0.25, 0.3) is 0 Å². The van der Waals surface area contributed by atoms with E-state index in [0.717, 1.165) is 10.2 Å². The van der Waals surface area contributed by atoms with Gasteiger partial charge in [0.15, 0.2) is 5.78 Å². The van der Waals surface area contributed by atoms with Crippen LogP contribution in [0, 0.1) is 5.92 Å². The highest BCUT2D eigenvalue weighted by molar-refractivity contribution is 9.10. The molecule has 1 aliphatic carbocycles. The average Bonchev–Trinajstić information content (AvgIpc) is 2.72. The molecule has 0 unspecified atom stereocenters. The van der Waals surface area contributed by atoms with E-state index >= 15 is 0 Å². The molecule has 100 valence electrons. The summed E-state index contributed by atoms with van der Waals surface area (Å²) in [6.07, 6.45) is 8.72. The highest BCUT2D eigenvalue weighted by atomic mass is 79.9. The molecule has 0 aliphatic heterocycles. The van der Waals surface area contributed by atoms with Gasteiger partial charge in [0.1, 0.15) is 5.69 Å². The molecule has 0 atom stereocenters. The van der Waals surface area contributed by atoms with Gasteiger partial charge in [0.25, 0.3) is 0 Å². The van der Waals surface area contributed by atoms with Crippen LogP contribution in [-0.4, -0.2) is 15.6 Å². The Morgan fingerprint density at radius 2 is 2.11 bits per heavy atom. The van der Waals surface area contributed by atoms with Crippen molar-refractivity contribution < 1.29 is 4.79 Å². The number of nitrogens with zero attached hydrogens (tertiary/aromatic N) is 2. The zero-order valence-corrected chi connectivity index (χ0v) is 12.7. The Bertz CT molecular complexity index is 419. The van der Waals surface area contributed by atoms with E-state index in [1.54, 1.807) is 6.20 Å². The predicted octanol–water partition coefficient (Wildman–Crippen LogP) is 4.38. The Morgan fingerprint density at radius 3 is 2.72 bits per heavy atom. The van der Waals surface area contributed by atoms with Crippen molar-refractivity contribution in [3.05, 3.63) is 16.4 Å². The van der Waals surface area contributed by atoms with Crippen LogP contribution in [0.3, 0.4) is 0 Å². The zero-order chi connectivity index (χ0) is 13.1. The van der Waals surface area contributed by atoms with Gasteiger partial charge in [0, 0.05) is 12.5 Å². The maximum absolute atomic E-state index is 12.4. The van der Waals surface area contributed by atoms with Gasteiger partial charge < -0.3 is 0 Å². The van der Waals surface area contributed by atoms with Crippen molar-refractivity contribution in [3.63, 3.8) is 0 Å². The number of Topliss-reactive ketones (excluding diaryl/α,β-unsaturated/α-hetero) is 1. The zero-order valence-electron chi connectivity index (χ0n) is 11.2. The number of aromatic nitrogens is 2. The summed E-state index contributed by atoms with van der Waals surface area (Å²) in [6, 6.07) is 0.224. The molecule has 0 N–H and O–H groups in total. The number of hydrogen-bond donors (Lipinski definition) is 0. The van der Waals surface area contributed by atoms with Crippen molar-refractivity contribution in [2.75, 3.05) is 0 Å². The van der Waals surface area contributed by atoms with Gasteiger partial charge in [-0.3, -0.25) is 9.48 Å². The number of halogens is 1. The highest BCUT2D eigenvalue weighted by Gasteiger charge is 2.23. The monoisotopic (exact) mass is 312 g/mol. The van der Waals surface area contributed by atoms with Crippen LogP contribution >= 0.6 is 15.9 Å². The lowest BCUT2D eigenvalue weighted by Crippen LogP contribution is -2.17. The van der Waals surface area contributed by atoms with Gasteiger partial charge in [-0.05, 0) is 35.7 Å². The Kier molecular flexibility index (Phi) is 4.60. The lowest BCUT2D eigenvalue weighted by molar-refractivity contribution is 0.0937. The second-order valence-corrected chi connectivity index (χ2v) is 6.37. The van der Waals surface area contributed by atoms with Gasteiger partial charge in [-0.25, -0.2) is 0 Å². The molecule has 1 heterocycles. The third-order valence-electron chi connectivity index (χ3n) is 3.70. The predicted molar refractivity (Wildman–Crippen MR) is 75.8 cm³/mol. The fourth-order valence-electron chi connectivity index (χ4n) is 2.74. The molecule has 0 amide bonds. The summed E-state index contributed by atoms with van der Waals surface area (Å²) in [5, 5.41) is 4.28. The molecule has 0 spiro atoms. The summed E-state index contributed by atoms with van der Waals surface area (Å²) < 4.78 is 2.66. The van der Waals surface area contributed by atoms with Gasteiger partial charge in [0.05, 0.1) is 10.7 Å². The Balaban J connectivity index is 2.10. The summed E-state index contributed by atoms with van der Waals surface area (Å²) in [6.45, 7) is 4.10. The number of rotatable bonds is 4. The van der Waals surface area contributed by atoms with Crippen molar-refractivity contribution in [2.24, 2.45) is 5.92 Å². The molecule has 1 saturated carbocycles. The first kappa shape index (κ1) is 13.8. The summed E-state index contributed by atoms with van der Waals surface area (Å²) in [5.41, 5.74) is 0.746. The van der Waals surface area contributed by atoms with E-state index in [1.165, 1.54) is 32.1 Å². The standard InChI is InChI=1S/C14H21BrN2O/c1-10(2)17-14(12(15)9-16-17)13(18)8-11-6-4-3-5-7-11/h9-11H,3-8H2,1-2H3. The minimum absolute atomic E-state index is 0.224. The fourth-order valence-corrected chi connectivity index (χ4v) is 3.24. The molecule has 1 aromatic rings. The molecular formula is C14H21BrN2O. The van der Waals surface area contributed by atoms with Gasteiger partial charge in [0.2, 0.25) is 0 Å². The van der Waals surface area contributed by atoms with E-state index in [-0.39, 0.29) is 11.8 Å². The van der Waals surface area contributed by atoms with Crippen LogP contribution in [0.1, 0.15) is 68.9 Å². The van der Waals surface area contributed by atoms with Gasteiger partial charge in [-0.2, -0.15) is 5.10 Å². The van der Waals surface area contributed by atoms with E-state index in [1.807, 2.05) is 4.68 Å². The average molecular weight is 313 g/mol. The molecule has 2 rings (SSSR count). The first-order valence-corrected chi connectivity index (χ1v) is 7.65. The van der Waals surface area contributed by atoms with Crippen molar-refractivity contribution in [3.8, 4) is 0 Å². The molecular weight excluding hydrogens is 292 g/mol. The topological polar surface area (TPSA) is 34.9 Å². The van der Waals surface area contributed by atoms with E-state index in [4.69, 9.17) is 0 Å². The molecule has 0 bridgehead atoms. The van der Waals surface area contributed by atoms with Crippen LogP contribution in [0.5, 0.6) is 0 Å². The molecule has 0 aromatic carbocycles. The lowest BCUT2D eigenvalue weighted by Gasteiger charge is -2.21. The molecule has 4 heteroatoms. The van der Waals surface area contributed by atoms with Crippen molar-refractivity contribution in [1.82, 2.24) is 9.78 Å². The van der Waals surface area contributed by atoms with Crippen LogP contribution in [0.2, 0.25) is 0 Å². The van der Waals surface area contributed by atoms with Gasteiger partial charge in [-0.15, -0.1) is 0 Å². The SMILES string of the molecule is CC(C)n1ncc(Br)c1C(=O)CC1CCCCC1. The third kappa shape index (κ3) is 3.02. The van der Waals surface area contributed by atoms with E-state index in [2.05, 4.69) is 34.9 Å². The minimum atomic E-state index is 0.224. The third-order valence-corrected chi connectivity index (χ3v) is 4.28. The largest absolute Gasteiger partial charge is 0.292 e. The van der Waals surface area contributed by atoms with Crippen LogP contribution in [0.4, 0.5) is 0 Å². The van der Waals surface area contributed by atoms with Gasteiger partial charge >= 0.3 is 0 Å². The normalized spacial score (nSPS) is 17.3. The van der Waals surface area contributed by atoms with Gasteiger partial charge in [-0.1, -0.05) is 32.1 Å². The molecule has 1 aliphatic rings. The van der Waals surface area contributed by atoms with Crippen molar-refractivity contribution >= 4 is 21.7 Å². The molecule has 18 heavy (non-hydrogen) atoms. The summed E-state index contributed by atoms with van der Waals surface area (Å²) in [7, 11) is 0. The van der Waals surface area contributed by atoms with Crippen LogP contribution in [-0.2, 0) is 0 Å². The first-order chi connectivity index (χ1) is 8.59. The van der Waals surface area contributed by atoms with E-state index in [9.17, 15) is 4.79 Å². The molecule has 0 radical (unpaired) electrons. The number of ketones is 1.